The second-order valence-corrected chi connectivity index (χ2v) is 8.00. The molecule has 27 heavy (non-hydrogen) atoms. The number of aromatic nitrogens is 4. The molecule has 138 valence electrons. The Bertz CT molecular complexity index is 1080. The highest BCUT2D eigenvalue weighted by atomic mass is 32.1. The number of fused-ring (bicyclic) bond motifs is 1. The predicted molar refractivity (Wildman–Crippen MR) is 107 cm³/mol. The van der Waals surface area contributed by atoms with E-state index in [2.05, 4.69) is 39.6 Å². The molecule has 8 heteroatoms. The third-order valence-corrected chi connectivity index (χ3v) is 5.50. The van der Waals surface area contributed by atoms with Gasteiger partial charge in [-0.05, 0) is 35.9 Å². The number of hydrogen-bond acceptors (Lipinski definition) is 6. The van der Waals surface area contributed by atoms with Crippen LogP contribution in [-0.4, -0.2) is 26.9 Å². The van der Waals surface area contributed by atoms with Crippen molar-refractivity contribution in [3.8, 4) is 10.6 Å². The number of rotatable bonds is 5. The standard InChI is InChI=1S/C19H19FN6S/c1-19(2,12-4-6-13(20)7-5-12)10-22-18-26-25-17(27-18)11-3-8-15-14(9-11)16(21)24-23-15/h3-9H,10H2,1-2H3,(H,22,26)(H3,21,23,24). The summed E-state index contributed by atoms with van der Waals surface area (Å²) in [7, 11) is 0. The molecular weight excluding hydrogens is 363 g/mol. The molecule has 0 unspecified atom stereocenters. The van der Waals surface area contributed by atoms with Crippen LogP contribution < -0.4 is 11.1 Å². The van der Waals surface area contributed by atoms with Gasteiger partial charge in [0.05, 0.1) is 5.52 Å². The SMILES string of the molecule is CC(C)(CNc1nnc(-c2ccc3[nH]nc(N)c3c2)s1)c1ccc(F)cc1. The molecule has 0 aliphatic rings. The van der Waals surface area contributed by atoms with Crippen LogP contribution in [0.5, 0.6) is 0 Å². The smallest absolute Gasteiger partial charge is 0.206 e. The lowest BCUT2D eigenvalue weighted by atomic mass is 9.85. The zero-order valence-corrected chi connectivity index (χ0v) is 15.8. The number of nitrogens with zero attached hydrogens (tertiary/aromatic N) is 3. The summed E-state index contributed by atoms with van der Waals surface area (Å²) in [5.74, 6) is 0.238. The van der Waals surface area contributed by atoms with Gasteiger partial charge in [-0.15, -0.1) is 10.2 Å². The number of H-pyrrole nitrogens is 1. The summed E-state index contributed by atoms with van der Waals surface area (Å²) in [6.45, 7) is 4.86. The zero-order valence-electron chi connectivity index (χ0n) is 15.0. The first-order valence-electron chi connectivity index (χ1n) is 8.50. The van der Waals surface area contributed by atoms with Crippen LogP contribution in [0.2, 0.25) is 0 Å². The van der Waals surface area contributed by atoms with Gasteiger partial charge in [-0.2, -0.15) is 5.10 Å². The Labute approximate surface area is 159 Å². The van der Waals surface area contributed by atoms with Gasteiger partial charge in [-0.25, -0.2) is 4.39 Å². The van der Waals surface area contributed by atoms with Gasteiger partial charge in [-0.3, -0.25) is 5.10 Å². The first-order valence-corrected chi connectivity index (χ1v) is 9.31. The molecule has 6 nitrogen and oxygen atoms in total. The van der Waals surface area contributed by atoms with E-state index in [1.165, 1.54) is 23.5 Å². The van der Waals surface area contributed by atoms with E-state index in [9.17, 15) is 4.39 Å². The van der Waals surface area contributed by atoms with E-state index in [0.717, 1.165) is 32.2 Å². The average Bonchev–Trinajstić information content (AvgIpc) is 3.27. The number of benzene rings is 2. The summed E-state index contributed by atoms with van der Waals surface area (Å²) in [4.78, 5) is 0. The van der Waals surface area contributed by atoms with Crippen molar-refractivity contribution in [2.45, 2.75) is 19.3 Å². The van der Waals surface area contributed by atoms with Crippen LogP contribution >= 0.6 is 11.3 Å². The molecule has 0 atom stereocenters. The van der Waals surface area contributed by atoms with E-state index < -0.39 is 0 Å². The van der Waals surface area contributed by atoms with Gasteiger partial charge in [-0.1, -0.05) is 37.3 Å². The van der Waals surface area contributed by atoms with Gasteiger partial charge >= 0.3 is 0 Å². The van der Waals surface area contributed by atoms with Gasteiger partial charge in [0.1, 0.15) is 10.8 Å². The van der Waals surface area contributed by atoms with Crippen LogP contribution in [0.4, 0.5) is 15.3 Å². The largest absolute Gasteiger partial charge is 0.382 e. The molecule has 0 aliphatic heterocycles. The Morgan fingerprint density at radius 3 is 2.70 bits per heavy atom. The van der Waals surface area contributed by atoms with Gasteiger partial charge in [0, 0.05) is 22.9 Å². The first kappa shape index (κ1) is 17.4. The number of hydrogen-bond donors (Lipinski definition) is 3. The lowest BCUT2D eigenvalue weighted by molar-refractivity contribution is 0.553. The third kappa shape index (κ3) is 3.48. The fraction of sp³-hybridized carbons (Fsp3) is 0.211. The molecule has 4 rings (SSSR count). The lowest BCUT2D eigenvalue weighted by Gasteiger charge is -2.25. The van der Waals surface area contributed by atoms with Crippen molar-refractivity contribution >= 4 is 33.2 Å². The van der Waals surface area contributed by atoms with E-state index in [4.69, 9.17) is 5.73 Å². The van der Waals surface area contributed by atoms with Gasteiger partial charge in [0.15, 0.2) is 5.82 Å². The summed E-state index contributed by atoms with van der Waals surface area (Å²) in [5.41, 5.74) is 8.59. The highest BCUT2D eigenvalue weighted by Gasteiger charge is 2.21. The van der Waals surface area contributed by atoms with Crippen molar-refractivity contribution in [2.75, 3.05) is 17.6 Å². The zero-order chi connectivity index (χ0) is 19.0. The van der Waals surface area contributed by atoms with Crippen molar-refractivity contribution in [1.29, 1.82) is 0 Å². The maximum absolute atomic E-state index is 13.1. The summed E-state index contributed by atoms with van der Waals surface area (Å²) in [6, 6.07) is 12.4. The second kappa shape index (κ2) is 6.62. The molecular formula is C19H19FN6S. The molecule has 2 aromatic carbocycles. The molecule has 0 amide bonds. The van der Waals surface area contributed by atoms with E-state index >= 15 is 0 Å². The molecule has 0 fully saturated rings. The van der Waals surface area contributed by atoms with E-state index in [1.807, 2.05) is 30.3 Å². The molecule has 0 spiro atoms. The van der Waals surface area contributed by atoms with Crippen LogP contribution in [-0.2, 0) is 5.41 Å². The Morgan fingerprint density at radius 2 is 1.93 bits per heavy atom. The Balaban J connectivity index is 1.50. The fourth-order valence-electron chi connectivity index (χ4n) is 2.88. The monoisotopic (exact) mass is 382 g/mol. The Hall–Kier alpha value is -3.00. The summed E-state index contributed by atoms with van der Waals surface area (Å²) >= 11 is 1.48. The van der Waals surface area contributed by atoms with E-state index in [-0.39, 0.29) is 11.2 Å². The van der Waals surface area contributed by atoms with Crippen LogP contribution in [0.25, 0.3) is 21.5 Å². The molecule has 2 heterocycles. The lowest BCUT2D eigenvalue weighted by Crippen LogP contribution is -2.27. The minimum Gasteiger partial charge on any atom is -0.382 e. The molecule has 0 bridgehead atoms. The van der Waals surface area contributed by atoms with Crippen molar-refractivity contribution < 1.29 is 4.39 Å². The van der Waals surface area contributed by atoms with Gasteiger partial charge < -0.3 is 11.1 Å². The van der Waals surface area contributed by atoms with E-state index in [0.29, 0.717) is 12.4 Å². The number of aromatic amines is 1. The van der Waals surface area contributed by atoms with Gasteiger partial charge in [0.25, 0.3) is 0 Å². The topological polar surface area (TPSA) is 92.5 Å². The first-order chi connectivity index (χ1) is 12.9. The second-order valence-electron chi connectivity index (χ2n) is 7.03. The summed E-state index contributed by atoms with van der Waals surface area (Å²) < 4.78 is 13.1. The highest BCUT2D eigenvalue weighted by Crippen LogP contribution is 2.31. The number of halogens is 1. The molecule has 4 aromatic rings. The average molecular weight is 382 g/mol. The molecule has 0 aliphatic carbocycles. The molecule has 0 radical (unpaired) electrons. The molecule has 0 saturated carbocycles. The highest BCUT2D eigenvalue weighted by molar-refractivity contribution is 7.18. The maximum Gasteiger partial charge on any atom is 0.206 e. The minimum atomic E-state index is -0.230. The number of nitrogens with one attached hydrogen (secondary N) is 2. The molecule has 0 saturated heterocycles. The van der Waals surface area contributed by atoms with Crippen molar-refractivity contribution in [3.05, 3.63) is 53.8 Å². The van der Waals surface area contributed by atoms with Crippen molar-refractivity contribution in [3.63, 3.8) is 0 Å². The van der Waals surface area contributed by atoms with Crippen LogP contribution in [0.3, 0.4) is 0 Å². The minimum absolute atomic E-state index is 0.177. The van der Waals surface area contributed by atoms with Gasteiger partial charge in [0.2, 0.25) is 5.13 Å². The summed E-state index contributed by atoms with van der Waals surface area (Å²) in [6.07, 6.45) is 0. The van der Waals surface area contributed by atoms with E-state index in [1.54, 1.807) is 0 Å². The normalized spacial score (nSPS) is 11.8. The van der Waals surface area contributed by atoms with Crippen molar-refractivity contribution in [1.82, 2.24) is 20.4 Å². The predicted octanol–water partition coefficient (Wildman–Crippen LogP) is 4.19. The molecule has 2 aromatic heterocycles. The number of anilines is 2. The van der Waals surface area contributed by atoms with Crippen LogP contribution in [0, 0.1) is 5.82 Å². The van der Waals surface area contributed by atoms with Crippen LogP contribution in [0.1, 0.15) is 19.4 Å². The quantitative estimate of drug-likeness (QED) is 0.481. The number of nitrogen functional groups attached to an aromatic ring is 1. The number of nitrogens with two attached hydrogens (primary N) is 1. The summed E-state index contributed by atoms with van der Waals surface area (Å²) in [5, 5.41) is 21.2. The Kier molecular flexibility index (Phi) is 4.27. The van der Waals surface area contributed by atoms with Crippen molar-refractivity contribution in [2.24, 2.45) is 0 Å². The fourth-order valence-corrected chi connectivity index (χ4v) is 3.61. The third-order valence-electron chi connectivity index (χ3n) is 4.57. The Morgan fingerprint density at radius 1 is 1.15 bits per heavy atom. The maximum atomic E-state index is 13.1. The van der Waals surface area contributed by atoms with Crippen LogP contribution in [0.15, 0.2) is 42.5 Å². The molecule has 4 N–H and O–H groups in total.